The van der Waals surface area contributed by atoms with Crippen LogP contribution in [0, 0.1) is 0 Å². The first-order valence-electron chi connectivity index (χ1n) is 4.69. The highest BCUT2D eigenvalue weighted by Gasteiger charge is 2.25. The number of benzene rings is 1. The Balaban J connectivity index is 2.32. The number of nitrogens with zero attached hydrogens (tertiary/aromatic N) is 1. The third-order valence-electron chi connectivity index (χ3n) is 2.42. The van der Waals surface area contributed by atoms with Gasteiger partial charge in [0.05, 0.1) is 16.3 Å². The first-order chi connectivity index (χ1) is 7.25. The highest BCUT2D eigenvalue weighted by Crippen LogP contribution is 2.42. The number of Topliss-reactive ketones (excluding diaryl/α,β-unsaturated/α-hetero) is 1. The maximum Gasteiger partial charge on any atom is 0.188 e. The van der Waals surface area contributed by atoms with Crippen LogP contribution in [0.25, 0.3) is 10.1 Å². The van der Waals surface area contributed by atoms with Crippen molar-refractivity contribution >= 4 is 39.2 Å². The van der Waals surface area contributed by atoms with E-state index in [0.29, 0.717) is 6.54 Å². The summed E-state index contributed by atoms with van der Waals surface area (Å²) in [7, 11) is 1.96. The molecule has 0 unspecified atom stereocenters. The SMILES string of the molecule is CN1CC(=O)c2sc3ccccc3c2S1. The van der Waals surface area contributed by atoms with Gasteiger partial charge in [0, 0.05) is 10.1 Å². The molecule has 2 nitrogen and oxygen atoms in total. The minimum Gasteiger partial charge on any atom is -0.292 e. The minimum atomic E-state index is 0.243. The van der Waals surface area contributed by atoms with Crippen molar-refractivity contribution in [3.05, 3.63) is 29.1 Å². The molecule has 2 aromatic rings. The van der Waals surface area contributed by atoms with Crippen molar-refractivity contribution in [1.82, 2.24) is 4.31 Å². The van der Waals surface area contributed by atoms with E-state index >= 15 is 0 Å². The molecule has 0 fully saturated rings. The third-order valence-corrected chi connectivity index (χ3v) is 4.81. The summed E-state index contributed by atoms with van der Waals surface area (Å²) in [6.07, 6.45) is 0. The molecule has 0 atom stereocenters. The Kier molecular flexibility index (Phi) is 2.09. The highest BCUT2D eigenvalue weighted by atomic mass is 32.2. The van der Waals surface area contributed by atoms with Crippen molar-refractivity contribution < 1.29 is 4.79 Å². The molecular weight excluding hydrogens is 226 g/mol. The van der Waals surface area contributed by atoms with E-state index in [1.807, 2.05) is 23.5 Å². The summed E-state index contributed by atoms with van der Waals surface area (Å²) in [4.78, 5) is 13.9. The molecule has 1 aliphatic rings. The molecule has 1 aromatic carbocycles. The predicted octanol–water partition coefficient (Wildman–Crippen LogP) is 3.04. The van der Waals surface area contributed by atoms with Crippen LogP contribution in [-0.4, -0.2) is 23.7 Å². The van der Waals surface area contributed by atoms with Gasteiger partial charge in [0.2, 0.25) is 0 Å². The molecule has 0 saturated carbocycles. The molecule has 3 rings (SSSR count). The van der Waals surface area contributed by atoms with Crippen LogP contribution in [0.1, 0.15) is 9.67 Å². The van der Waals surface area contributed by atoms with E-state index in [0.717, 1.165) is 9.77 Å². The van der Waals surface area contributed by atoms with Gasteiger partial charge in [-0.3, -0.25) is 4.79 Å². The van der Waals surface area contributed by atoms with Crippen LogP contribution in [0.2, 0.25) is 0 Å². The van der Waals surface area contributed by atoms with Gasteiger partial charge in [-0.25, -0.2) is 4.31 Å². The summed E-state index contributed by atoms with van der Waals surface area (Å²) >= 11 is 3.29. The molecule has 0 bridgehead atoms. The second kappa shape index (κ2) is 3.33. The summed E-state index contributed by atoms with van der Waals surface area (Å²) in [5.41, 5.74) is 0. The van der Waals surface area contributed by atoms with Gasteiger partial charge in [0.25, 0.3) is 0 Å². The Morgan fingerprint density at radius 1 is 1.33 bits per heavy atom. The molecule has 15 heavy (non-hydrogen) atoms. The molecule has 0 amide bonds. The number of ketones is 1. The van der Waals surface area contributed by atoms with Gasteiger partial charge in [-0.1, -0.05) is 18.2 Å². The van der Waals surface area contributed by atoms with Crippen molar-refractivity contribution in [2.24, 2.45) is 0 Å². The lowest BCUT2D eigenvalue weighted by atomic mass is 10.2. The van der Waals surface area contributed by atoms with E-state index in [9.17, 15) is 4.79 Å². The predicted molar refractivity (Wildman–Crippen MR) is 64.6 cm³/mol. The minimum absolute atomic E-state index is 0.243. The Morgan fingerprint density at radius 3 is 3.00 bits per heavy atom. The Labute approximate surface area is 96.0 Å². The Morgan fingerprint density at radius 2 is 2.13 bits per heavy atom. The lowest BCUT2D eigenvalue weighted by Crippen LogP contribution is -2.23. The quantitative estimate of drug-likeness (QED) is 0.655. The number of thiophene rings is 1. The number of hydrogen-bond donors (Lipinski definition) is 0. The molecule has 0 N–H and O–H groups in total. The van der Waals surface area contributed by atoms with Crippen molar-refractivity contribution in [2.45, 2.75) is 4.90 Å². The second-order valence-electron chi connectivity index (χ2n) is 3.56. The standard InChI is InChI=1S/C11H9NOS2/c1-12-6-8(13)11-10(15-12)7-4-2-3-5-9(7)14-11/h2-5H,6H2,1H3. The smallest absolute Gasteiger partial charge is 0.188 e. The number of carbonyl (C=O) groups excluding carboxylic acids is 1. The van der Waals surface area contributed by atoms with Crippen LogP contribution in [-0.2, 0) is 0 Å². The van der Waals surface area contributed by atoms with Crippen molar-refractivity contribution in [1.29, 1.82) is 0 Å². The molecular formula is C11H9NOS2. The van der Waals surface area contributed by atoms with E-state index < -0.39 is 0 Å². The maximum atomic E-state index is 11.8. The largest absolute Gasteiger partial charge is 0.292 e. The van der Waals surface area contributed by atoms with Crippen LogP contribution in [0.4, 0.5) is 0 Å². The molecule has 0 saturated heterocycles. The van der Waals surface area contributed by atoms with Gasteiger partial charge in [-0.15, -0.1) is 11.3 Å². The summed E-state index contributed by atoms with van der Waals surface area (Å²) in [5, 5.41) is 1.21. The molecule has 0 spiro atoms. The highest BCUT2D eigenvalue weighted by molar-refractivity contribution is 7.97. The van der Waals surface area contributed by atoms with E-state index in [4.69, 9.17) is 0 Å². The van der Waals surface area contributed by atoms with Crippen molar-refractivity contribution in [3.8, 4) is 0 Å². The van der Waals surface area contributed by atoms with Crippen LogP contribution >= 0.6 is 23.3 Å². The fourth-order valence-electron chi connectivity index (χ4n) is 1.76. The topological polar surface area (TPSA) is 20.3 Å². The number of carbonyl (C=O) groups is 1. The summed E-state index contributed by atoms with van der Waals surface area (Å²) in [5.74, 6) is 0.243. The fourth-order valence-corrected chi connectivity index (χ4v) is 4.05. The first kappa shape index (κ1) is 9.39. The molecule has 1 aliphatic heterocycles. The van der Waals surface area contributed by atoms with Crippen LogP contribution in [0.5, 0.6) is 0 Å². The van der Waals surface area contributed by atoms with E-state index in [1.165, 1.54) is 10.1 Å². The van der Waals surface area contributed by atoms with E-state index in [-0.39, 0.29) is 5.78 Å². The molecule has 0 radical (unpaired) electrons. The van der Waals surface area contributed by atoms with Gasteiger partial charge in [0.1, 0.15) is 0 Å². The van der Waals surface area contributed by atoms with Crippen LogP contribution < -0.4 is 0 Å². The van der Waals surface area contributed by atoms with Crippen molar-refractivity contribution in [3.63, 3.8) is 0 Å². The summed E-state index contributed by atoms with van der Waals surface area (Å²) in [6, 6.07) is 8.20. The normalized spacial score (nSPS) is 17.0. The summed E-state index contributed by atoms with van der Waals surface area (Å²) < 4.78 is 3.20. The van der Waals surface area contributed by atoms with Gasteiger partial charge in [-0.2, -0.15) is 0 Å². The molecule has 4 heteroatoms. The van der Waals surface area contributed by atoms with Crippen LogP contribution in [0.3, 0.4) is 0 Å². The van der Waals surface area contributed by atoms with Gasteiger partial charge < -0.3 is 0 Å². The average Bonchev–Trinajstić information content (AvgIpc) is 2.57. The van der Waals surface area contributed by atoms with Crippen molar-refractivity contribution in [2.75, 3.05) is 13.6 Å². The third kappa shape index (κ3) is 1.40. The zero-order chi connectivity index (χ0) is 10.4. The molecule has 0 aliphatic carbocycles. The lowest BCUT2D eigenvalue weighted by molar-refractivity contribution is 0.0973. The molecule has 1 aromatic heterocycles. The summed E-state index contributed by atoms with van der Waals surface area (Å²) in [6.45, 7) is 0.518. The first-order valence-corrected chi connectivity index (χ1v) is 6.28. The van der Waals surface area contributed by atoms with Gasteiger partial charge in [0.15, 0.2) is 5.78 Å². The average molecular weight is 235 g/mol. The molecule has 2 heterocycles. The Bertz CT molecular complexity index is 547. The Hall–Kier alpha value is -0.840. The van der Waals surface area contributed by atoms with Crippen LogP contribution in [0.15, 0.2) is 29.2 Å². The van der Waals surface area contributed by atoms with E-state index in [1.54, 1.807) is 23.3 Å². The lowest BCUT2D eigenvalue weighted by Gasteiger charge is -2.19. The zero-order valence-electron chi connectivity index (χ0n) is 8.19. The number of fused-ring (bicyclic) bond motifs is 3. The maximum absolute atomic E-state index is 11.8. The zero-order valence-corrected chi connectivity index (χ0v) is 9.82. The van der Waals surface area contributed by atoms with E-state index in [2.05, 4.69) is 12.1 Å². The fraction of sp³-hybridized carbons (Fsp3) is 0.182. The van der Waals surface area contributed by atoms with Gasteiger partial charge in [-0.05, 0) is 25.1 Å². The molecule has 76 valence electrons. The number of rotatable bonds is 0. The number of likely N-dealkylation sites (N-methyl/N-ethyl adjacent to an activating group) is 1. The second-order valence-corrected chi connectivity index (χ2v) is 5.82. The number of hydrogen-bond acceptors (Lipinski definition) is 4. The van der Waals surface area contributed by atoms with Gasteiger partial charge >= 0.3 is 0 Å². The monoisotopic (exact) mass is 235 g/mol.